The molecule has 0 aromatic heterocycles. The van der Waals surface area contributed by atoms with Crippen molar-refractivity contribution in [1.29, 1.82) is 0 Å². The van der Waals surface area contributed by atoms with Gasteiger partial charge in [0.05, 0.1) is 20.1 Å². The number of nitrogens with zero attached hydrogens (tertiary/aromatic N) is 1. The van der Waals surface area contributed by atoms with E-state index in [1.807, 2.05) is 0 Å². The van der Waals surface area contributed by atoms with Crippen molar-refractivity contribution in [3.05, 3.63) is 30.3 Å². The largest absolute Gasteiger partial charge is 1.00 e. The van der Waals surface area contributed by atoms with Crippen molar-refractivity contribution >= 4 is 11.6 Å². The van der Waals surface area contributed by atoms with Gasteiger partial charge >= 0.3 is 0 Å². The van der Waals surface area contributed by atoms with Gasteiger partial charge in [0.2, 0.25) is 5.91 Å². The Morgan fingerprint density at radius 3 is 2.38 bits per heavy atom. The van der Waals surface area contributed by atoms with E-state index >= 15 is 0 Å². The number of rotatable bonds is 6. The van der Waals surface area contributed by atoms with Crippen molar-refractivity contribution < 1.29 is 28.8 Å². The molecule has 3 nitrogen and oxygen atoms in total. The number of benzene rings is 1. The van der Waals surface area contributed by atoms with E-state index in [-0.39, 0.29) is 24.0 Å². The molecule has 0 bridgehead atoms. The Kier molecular flexibility index (Phi) is 9.38. The van der Waals surface area contributed by atoms with E-state index in [1.165, 1.54) is 69.9 Å². The quantitative estimate of drug-likeness (QED) is 0.323. The van der Waals surface area contributed by atoms with Crippen LogP contribution < -0.4 is 33.8 Å². The van der Waals surface area contributed by atoms with Crippen LogP contribution in [0.2, 0.25) is 0 Å². The zero-order valence-corrected chi connectivity index (χ0v) is 28.1. The van der Waals surface area contributed by atoms with Crippen LogP contribution in [-0.2, 0) is 4.79 Å². The van der Waals surface area contributed by atoms with Gasteiger partial charge in [-0.05, 0) is 116 Å². The Bertz CT molecular complexity index is 1010. The number of fused-ring (bicyclic) bond motifs is 5. The first kappa shape index (κ1) is 30.8. The fourth-order valence-electron chi connectivity index (χ4n) is 11.5. The maximum atomic E-state index is 13.1. The maximum Gasteiger partial charge on any atom is 0.220 e. The lowest BCUT2D eigenvalue weighted by molar-refractivity contribution is -0.123. The molecule has 0 spiro atoms. The Balaban J connectivity index is 0.00000323. The Labute approximate surface area is 262 Å². The van der Waals surface area contributed by atoms with Crippen molar-refractivity contribution in [3.8, 4) is 0 Å². The van der Waals surface area contributed by atoms with Crippen LogP contribution in [0.25, 0.3) is 0 Å². The zero-order valence-electron chi connectivity index (χ0n) is 26.0. The van der Waals surface area contributed by atoms with Crippen molar-refractivity contribution in [2.45, 2.75) is 117 Å². The normalized spacial score (nSPS) is 43.4. The zero-order chi connectivity index (χ0) is 27.3. The summed E-state index contributed by atoms with van der Waals surface area (Å²) in [7, 11) is 2.35. The predicted molar refractivity (Wildman–Crippen MR) is 163 cm³/mol. The molecule has 1 saturated heterocycles. The third kappa shape index (κ3) is 5.55. The SMILES string of the molecule is C[C@H](CCC(=O)NC1CC[N+](C)(c2ccccc2)CC1)[C@H]1CC[C@H]2[C@@H]3CCC4CCCC[C@]4(C)[C@H]3CC[C@]12C.[I-]. The fourth-order valence-corrected chi connectivity index (χ4v) is 11.5. The molecule has 5 fully saturated rings. The third-order valence-corrected chi connectivity index (χ3v) is 13.9. The summed E-state index contributed by atoms with van der Waals surface area (Å²) in [6, 6.07) is 11.2. The van der Waals surface area contributed by atoms with E-state index in [9.17, 15) is 4.79 Å². The topological polar surface area (TPSA) is 29.1 Å². The molecule has 8 atom stereocenters. The number of nitrogens with one attached hydrogen (secondary N) is 1. The van der Waals surface area contributed by atoms with Gasteiger partial charge in [0, 0.05) is 25.3 Å². The van der Waals surface area contributed by atoms with E-state index in [2.05, 4.69) is 63.5 Å². The number of amides is 1. The number of piperidine rings is 1. The molecule has 5 aliphatic rings. The molecule has 6 rings (SSSR count). The van der Waals surface area contributed by atoms with Crippen molar-refractivity contribution in [2.75, 3.05) is 20.1 Å². The summed E-state index contributed by atoms with van der Waals surface area (Å²) >= 11 is 0. The van der Waals surface area contributed by atoms with Gasteiger partial charge in [-0.3, -0.25) is 9.28 Å². The van der Waals surface area contributed by atoms with Gasteiger partial charge in [0.1, 0.15) is 5.69 Å². The highest BCUT2D eigenvalue weighted by atomic mass is 127. The summed E-state index contributed by atoms with van der Waals surface area (Å²) in [5.41, 5.74) is 2.55. The minimum Gasteiger partial charge on any atom is -1.00 e. The Hall–Kier alpha value is -0.620. The van der Waals surface area contributed by atoms with Gasteiger partial charge in [0.15, 0.2) is 0 Å². The van der Waals surface area contributed by atoms with E-state index in [4.69, 9.17) is 0 Å². The highest BCUT2D eigenvalue weighted by Crippen LogP contribution is 2.68. The second-order valence-electron chi connectivity index (χ2n) is 15.7. The van der Waals surface area contributed by atoms with E-state index in [0.29, 0.717) is 35.1 Å². The average molecular weight is 661 g/mol. The molecule has 4 heteroatoms. The summed E-state index contributed by atoms with van der Waals surface area (Å²) in [4.78, 5) is 13.1. The minimum atomic E-state index is 0. The van der Waals surface area contributed by atoms with Crippen LogP contribution in [0.1, 0.15) is 111 Å². The fraction of sp³-hybridized carbons (Fsp3) is 0.806. The molecular formula is C36H57IN2O. The molecule has 1 amide bonds. The lowest BCUT2D eigenvalue weighted by Crippen LogP contribution is -3.00. The van der Waals surface area contributed by atoms with Crippen LogP contribution in [0.15, 0.2) is 30.3 Å². The number of hydrogen-bond acceptors (Lipinski definition) is 1. The molecule has 1 aromatic carbocycles. The van der Waals surface area contributed by atoms with Gasteiger partial charge in [-0.15, -0.1) is 0 Å². The molecule has 1 unspecified atom stereocenters. The van der Waals surface area contributed by atoms with Gasteiger partial charge in [-0.1, -0.05) is 51.8 Å². The van der Waals surface area contributed by atoms with Gasteiger partial charge in [0.25, 0.3) is 0 Å². The Morgan fingerprint density at radius 1 is 0.900 bits per heavy atom. The lowest BCUT2D eigenvalue weighted by Gasteiger charge is -2.61. The second-order valence-corrected chi connectivity index (χ2v) is 15.7. The molecule has 1 aromatic rings. The van der Waals surface area contributed by atoms with Crippen LogP contribution in [0.4, 0.5) is 5.69 Å². The molecule has 4 saturated carbocycles. The molecule has 1 N–H and O–H groups in total. The van der Waals surface area contributed by atoms with Crippen LogP contribution in [0.3, 0.4) is 0 Å². The van der Waals surface area contributed by atoms with E-state index in [0.717, 1.165) is 66.4 Å². The van der Waals surface area contributed by atoms with Crippen LogP contribution in [0, 0.1) is 46.3 Å². The number of quaternary nitrogens is 1. The summed E-state index contributed by atoms with van der Waals surface area (Å²) < 4.78 is 0.993. The number of halogens is 1. The highest BCUT2D eigenvalue weighted by Gasteiger charge is 2.60. The van der Waals surface area contributed by atoms with Gasteiger partial charge < -0.3 is 29.3 Å². The van der Waals surface area contributed by atoms with Gasteiger partial charge in [-0.2, -0.15) is 0 Å². The lowest BCUT2D eigenvalue weighted by atomic mass is 9.44. The second kappa shape index (κ2) is 12.2. The monoisotopic (exact) mass is 660 g/mol. The number of carbonyl (C=O) groups excluding carboxylic acids is 1. The summed E-state index contributed by atoms with van der Waals surface area (Å²) in [6.07, 6.45) is 18.7. The highest BCUT2D eigenvalue weighted by molar-refractivity contribution is 5.76. The molecular weight excluding hydrogens is 603 g/mol. The molecule has 40 heavy (non-hydrogen) atoms. The first-order chi connectivity index (χ1) is 18.7. The number of hydrogen-bond donors (Lipinski definition) is 1. The first-order valence-corrected chi connectivity index (χ1v) is 16.9. The summed E-state index contributed by atoms with van der Waals surface area (Å²) in [6.45, 7) is 10.1. The van der Waals surface area contributed by atoms with Crippen LogP contribution in [-0.4, -0.2) is 32.1 Å². The first-order valence-electron chi connectivity index (χ1n) is 16.9. The summed E-state index contributed by atoms with van der Waals surface area (Å²) in [5, 5.41) is 3.44. The van der Waals surface area contributed by atoms with Crippen LogP contribution in [0.5, 0.6) is 0 Å². The summed E-state index contributed by atoms with van der Waals surface area (Å²) in [5.74, 6) is 5.70. The van der Waals surface area contributed by atoms with Crippen molar-refractivity contribution in [1.82, 2.24) is 9.80 Å². The average Bonchev–Trinajstić information content (AvgIpc) is 3.30. The Morgan fingerprint density at radius 2 is 1.62 bits per heavy atom. The standard InChI is InChI=1S/C36H56N2O.HI/c1-26(13-18-34(39)37-28-20-24-38(4,25-21-28)29-11-6-5-7-12-29)31-16-17-32-30-15-14-27-10-8-9-22-35(27,2)33(30)19-23-36(31,32)3;/h5-7,11-12,26-28,30-33H,8-10,13-25H2,1-4H3;1H/t26-,27?,28?,30+,31-,32+,33+,35+,36-,38?;/m1./s1. The van der Waals surface area contributed by atoms with Gasteiger partial charge in [-0.25, -0.2) is 0 Å². The van der Waals surface area contributed by atoms with Crippen molar-refractivity contribution in [3.63, 3.8) is 0 Å². The molecule has 1 aliphatic heterocycles. The minimum absolute atomic E-state index is 0. The molecule has 224 valence electrons. The molecule has 4 aliphatic carbocycles. The molecule has 1 heterocycles. The van der Waals surface area contributed by atoms with E-state index in [1.54, 1.807) is 0 Å². The number of carbonyl (C=O) groups is 1. The number of para-hydroxylation sites is 1. The predicted octanol–water partition coefficient (Wildman–Crippen LogP) is 5.37. The third-order valence-electron chi connectivity index (χ3n) is 13.9. The number of likely N-dealkylation sites (tertiary alicyclic amines) is 1. The van der Waals surface area contributed by atoms with Crippen molar-refractivity contribution in [2.24, 2.45) is 46.3 Å². The van der Waals surface area contributed by atoms with Crippen LogP contribution >= 0.6 is 0 Å². The maximum absolute atomic E-state index is 13.1. The molecule has 0 radical (unpaired) electrons. The van der Waals surface area contributed by atoms with E-state index < -0.39 is 0 Å². The smallest absolute Gasteiger partial charge is 0.220 e.